The molecule has 2 aliphatic heterocycles. The third-order valence-corrected chi connectivity index (χ3v) is 5.07. The number of ether oxygens (including phenoxy) is 2. The highest BCUT2D eigenvalue weighted by Gasteiger charge is 2.25. The molecule has 1 fully saturated rings. The van der Waals surface area contributed by atoms with E-state index in [1.165, 1.54) is 0 Å². The Balaban J connectivity index is 1.40. The van der Waals surface area contributed by atoms with Crippen LogP contribution in [-0.4, -0.2) is 41.1 Å². The van der Waals surface area contributed by atoms with E-state index in [0.717, 1.165) is 29.0 Å². The van der Waals surface area contributed by atoms with Gasteiger partial charge in [0.1, 0.15) is 0 Å². The molecule has 0 aliphatic carbocycles. The number of nitrogens with zero attached hydrogens (tertiary/aromatic N) is 2. The molecule has 2 aromatic rings. The number of benzene rings is 1. The Labute approximate surface area is 163 Å². The van der Waals surface area contributed by atoms with Crippen LogP contribution in [0.4, 0.5) is 0 Å². The molecule has 28 heavy (non-hydrogen) atoms. The topological polar surface area (TPSA) is 80.8 Å². The molecular formula is C21H23N3O4. The Morgan fingerprint density at radius 3 is 2.75 bits per heavy atom. The van der Waals surface area contributed by atoms with Gasteiger partial charge in [0.15, 0.2) is 11.5 Å². The molecule has 0 saturated carbocycles. The monoisotopic (exact) mass is 381 g/mol. The number of rotatable bonds is 7. The molecule has 0 spiro atoms. The van der Waals surface area contributed by atoms with Gasteiger partial charge in [0, 0.05) is 44.4 Å². The summed E-state index contributed by atoms with van der Waals surface area (Å²) in [7, 11) is 0. The first-order valence-electron chi connectivity index (χ1n) is 9.52. The molecule has 2 amide bonds. The number of pyridine rings is 1. The van der Waals surface area contributed by atoms with Crippen molar-refractivity contribution in [3.63, 3.8) is 0 Å². The van der Waals surface area contributed by atoms with E-state index in [1.54, 1.807) is 12.4 Å². The lowest BCUT2D eigenvalue weighted by Gasteiger charge is -2.26. The molecule has 4 rings (SSSR count). The molecule has 1 aromatic heterocycles. The number of fused-ring (bicyclic) bond motifs is 1. The number of nitrogens with one attached hydrogen (secondary N) is 1. The maximum Gasteiger partial charge on any atom is 0.231 e. The van der Waals surface area contributed by atoms with Crippen LogP contribution in [0.3, 0.4) is 0 Å². The minimum Gasteiger partial charge on any atom is -0.454 e. The molecule has 146 valence electrons. The van der Waals surface area contributed by atoms with E-state index >= 15 is 0 Å². The Morgan fingerprint density at radius 1 is 1.14 bits per heavy atom. The molecular weight excluding hydrogens is 358 g/mol. The molecule has 7 heteroatoms. The Bertz CT molecular complexity index is 856. The van der Waals surface area contributed by atoms with Gasteiger partial charge in [-0.15, -0.1) is 0 Å². The first-order valence-corrected chi connectivity index (χ1v) is 9.52. The number of hydrogen-bond donors (Lipinski definition) is 1. The van der Waals surface area contributed by atoms with Crippen molar-refractivity contribution in [1.82, 2.24) is 15.2 Å². The molecule has 1 saturated heterocycles. The summed E-state index contributed by atoms with van der Waals surface area (Å²) in [5.41, 5.74) is 2.06. The molecule has 1 aromatic carbocycles. The van der Waals surface area contributed by atoms with Crippen molar-refractivity contribution < 1.29 is 19.1 Å². The van der Waals surface area contributed by atoms with Crippen LogP contribution in [-0.2, 0) is 22.6 Å². The predicted molar refractivity (Wildman–Crippen MR) is 102 cm³/mol. The van der Waals surface area contributed by atoms with E-state index in [2.05, 4.69) is 10.3 Å². The van der Waals surface area contributed by atoms with Gasteiger partial charge in [-0.25, -0.2) is 0 Å². The predicted octanol–water partition coefficient (Wildman–Crippen LogP) is 2.05. The smallest absolute Gasteiger partial charge is 0.231 e. The summed E-state index contributed by atoms with van der Waals surface area (Å²) in [4.78, 5) is 30.4. The van der Waals surface area contributed by atoms with Crippen LogP contribution in [0.25, 0.3) is 0 Å². The quantitative estimate of drug-likeness (QED) is 0.794. The number of amides is 2. The molecule has 1 atom stereocenters. The molecule has 0 radical (unpaired) electrons. The van der Waals surface area contributed by atoms with Gasteiger partial charge in [0.25, 0.3) is 0 Å². The van der Waals surface area contributed by atoms with Crippen LogP contribution < -0.4 is 14.8 Å². The van der Waals surface area contributed by atoms with Crippen molar-refractivity contribution in [1.29, 1.82) is 0 Å². The SMILES string of the molecule is O=C1CC[C@@H](CN(Cc2ccncc2)C(=O)CCc2ccc3c(c2)OCO3)N1. The van der Waals surface area contributed by atoms with Gasteiger partial charge in [-0.1, -0.05) is 6.07 Å². The zero-order valence-corrected chi connectivity index (χ0v) is 15.6. The highest BCUT2D eigenvalue weighted by Crippen LogP contribution is 2.32. The summed E-state index contributed by atoms with van der Waals surface area (Å²) >= 11 is 0. The summed E-state index contributed by atoms with van der Waals surface area (Å²) in [5.74, 6) is 1.59. The zero-order valence-electron chi connectivity index (χ0n) is 15.6. The van der Waals surface area contributed by atoms with Crippen molar-refractivity contribution in [3.8, 4) is 11.5 Å². The fraction of sp³-hybridized carbons (Fsp3) is 0.381. The largest absolute Gasteiger partial charge is 0.454 e. The Kier molecular flexibility index (Phi) is 5.41. The standard InChI is InChI=1S/C21H23N3O4/c25-20-5-3-17(23-20)13-24(12-16-7-9-22-10-8-16)21(26)6-2-15-1-4-18-19(11-15)28-14-27-18/h1,4,7-11,17H,2-3,5-6,12-14H2,(H,23,25)/t17-/m0/s1. The first kappa shape index (κ1) is 18.3. The highest BCUT2D eigenvalue weighted by atomic mass is 16.7. The summed E-state index contributed by atoms with van der Waals surface area (Å²) in [5, 5.41) is 2.95. The van der Waals surface area contributed by atoms with Crippen LogP contribution in [0.1, 0.15) is 30.4 Å². The highest BCUT2D eigenvalue weighted by molar-refractivity contribution is 5.79. The van der Waals surface area contributed by atoms with Gasteiger partial charge in [0.2, 0.25) is 18.6 Å². The van der Waals surface area contributed by atoms with Crippen LogP contribution >= 0.6 is 0 Å². The second-order valence-electron chi connectivity index (χ2n) is 7.12. The van der Waals surface area contributed by atoms with E-state index in [9.17, 15) is 9.59 Å². The maximum absolute atomic E-state index is 13.0. The van der Waals surface area contributed by atoms with Crippen molar-refractivity contribution in [2.75, 3.05) is 13.3 Å². The van der Waals surface area contributed by atoms with E-state index in [4.69, 9.17) is 9.47 Å². The molecule has 0 unspecified atom stereocenters. The number of aromatic nitrogens is 1. The minimum atomic E-state index is 0.0174. The number of hydrogen-bond acceptors (Lipinski definition) is 5. The third-order valence-electron chi connectivity index (χ3n) is 5.07. The van der Waals surface area contributed by atoms with E-state index in [0.29, 0.717) is 32.4 Å². The lowest BCUT2D eigenvalue weighted by Crippen LogP contribution is -2.41. The van der Waals surface area contributed by atoms with Crippen LogP contribution in [0.15, 0.2) is 42.7 Å². The van der Waals surface area contributed by atoms with Gasteiger partial charge in [0.05, 0.1) is 0 Å². The van der Waals surface area contributed by atoms with Crippen molar-refractivity contribution in [2.45, 2.75) is 38.3 Å². The second kappa shape index (κ2) is 8.29. The number of carbonyl (C=O) groups excluding carboxylic acids is 2. The first-order chi connectivity index (χ1) is 13.7. The van der Waals surface area contributed by atoms with Crippen LogP contribution in [0, 0.1) is 0 Å². The van der Waals surface area contributed by atoms with E-state index in [-0.39, 0.29) is 24.6 Å². The average molecular weight is 381 g/mol. The van der Waals surface area contributed by atoms with Gasteiger partial charge in [-0.2, -0.15) is 0 Å². The molecule has 1 N–H and O–H groups in total. The number of aryl methyl sites for hydroxylation is 1. The second-order valence-corrected chi connectivity index (χ2v) is 7.12. The van der Waals surface area contributed by atoms with Gasteiger partial charge < -0.3 is 19.7 Å². The van der Waals surface area contributed by atoms with Crippen LogP contribution in [0.2, 0.25) is 0 Å². The molecule has 0 bridgehead atoms. The summed E-state index contributed by atoms with van der Waals surface area (Å²) < 4.78 is 10.7. The zero-order chi connectivity index (χ0) is 19.3. The van der Waals surface area contributed by atoms with Crippen molar-refractivity contribution in [2.24, 2.45) is 0 Å². The number of carbonyl (C=O) groups is 2. The van der Waals surface area contributed by atoms with Crippen molar-refractivity contribution >= 4 is 11.8 Å². The lowest BCUT2D eigenvalue weighted by molar-refractivity contribution is -0.132. The fourth-order valence-electron chi connectivity index (χ4n) is 3.55. The minimum absolute atomic E-state index is 0.0174. The van der Waals surface area contributed by atoms with E-state index < -0.39 is 0 Å². The molecule has 7 nitrogen and oxygen atoms in total. The van der Waals surface area contributed by atoms with E-state index in [1.807, 2.05) is 35.2 Å². The Morgan fingerprint density at radius 2 is 1.96 bits per heavy atom. The fourth-order valence-corrected chi connectivity index (χ4v) is 3.55. The third kappa shape index (κ3) is 4.42. The summed E-state index contributed by atoms with van der Waals surface area (Å²) in [6, 6.07) is 9.61. The van der Waals surface area contributed by atoms with Gasteiger partial charge in [-0.3, -0.25) is 14.6 Å². The Hall–Kier alpha value is -3.09. The maximum atomic E-state index is 13.0. The normalized spacial score (nSPS) is 17.4. The lowest BCUT2D eigenvalue weighted by atomic mass is 10.1. The van der Waals surface area contributed by atoms with Gasteiger partial charge >= 0.3 is 0 Å². The van der Waals surface area contributed by atoms with Gasteiger partial charge in [-0.05, 0) is 48.2 Å². The molecule has 2 aliphatic rings. The van der Waals surface area contributed by atoms with Crippen molar-refractivity contribution in [3.05, 3.63) is 53.9 Å². The average Bonchev–Trinajstić information content (AvgIpc) is 3.34. The van der Waals surface area contributed by atoms with Crippen LogP contribution in [0.5, 0.6) is 11.5 Å². The summed E-state index contributed by atoms with van der Waals surface area (Å²) in [6.07, 6.45) is 5.76. The molecule has 3 heterocycles. The summed E-state index contributed by atoms with van der Waals surface area (Å²) in [6.45, 7) is 1.27.